The summed E-state index contributed by atoms with van der Waals surface area (Å²) in [4.78, 5) is 62.5. The number of pyridine rings is 2. The van der Waals surface area contributed by atoms with E-state index in [4.69, 9.17) is 29.4 Å². The molecule has 2 amide bonds. The van der Waals surface area contributed by atoms with E-state index in [0.29, 0.717) is 49.1 Å². The van der Waals surface area contributed by atoms with Crippen LogP contribution in [-0.2, 0) is 22.3 Å². The number of carbonyl (C=O) groups excluding carboxylic acids is 2. The van der Waals surface area contributed by atoms with E-state index in [1.165, 1.54) is 0 Å². The summed E-state index contributed by atoms with van der Waals surface area (Å²) in [7, 11) is 0. The van der Waals surface area contributed by atoms with Crippen molar-refractivity contribution in [3.63, 3.8) is 0 Å². The molecule has 10 rings (SSSR count). The van der Waals surface area contributed by atoms with Crippen LogP contribution in [0.3, 0.4) is 0 Å². The molecule has 0 radical (unpaired) electrons. The van der Waals surface area contributed by atoms with Crippen LogP contribution in [0.15, 0.2) is 49.1 Å². The summed E-state index contributed by atoms with van der Waals surface area (Å²) >= 11 is 3.38. The van der Waals surface area contributed by atoms with E-state index in [2.05, 4.69) is 86.6 Å². The van der Waals surface area contributed by atoms with Crippen molar-refractivity contribution in [2.75, 3.05) is 102 Å². The molecule has 0 atom stereocenters. The number of aryl methyl sites for hydroxylation is 2. The van der Waals surface area contributed by atoms with Crippen LogP contribution >= 0.6 is 23.5 Å². The molecule has 0 unspecified atom stereocenters. The predicted octanol–water partition coefficient (Wildman–Crippen LogP) is 6.77. The number of aromatic nitrogens is 10. The minimum Gasteiger partial charge on any atom is -0.449 e. The Morgan fingerprint density at radius 3 is 1.55 bits per heavy atom. The van der Waals surface area contributed by atoms with Gasteiger partial charge >= 0.3 is 12.2 Å². The van der Waals surface area contributed by atoms with Gasteiger partial charge in [0.05, 0.1) is 35.2 Å². The zero-order chi connectivity index (χ0) is 47.2. The van der Waals surface area contributed by atoms with Crippen LogP contribution in [-0.4, -0.2) is 145 Å². The lowest BCUT2D eigenvalue weighted by atomic mass is 9.80. The average molecular weight is 977 g/mol. The van der Waals surface area contributed by atoms with Gasteiger partial charge in [0.25, 0.3) is 0 Å². The van der Waals surface area contributed by atoms with Crippen molar-refractivity contribution in [1.82, 2.24) is 60.9 Å². The molecule has 2 saturated heterocycles. The summed E-state index contributed by atoms with van der Waals surface area (Å²) in [6.07, 6.45) is 14.1. The highest BCUT2D eigenvalue weighted by Gasteiger charge is 2.34. The minimum absolute atomic E-state index is 0.0515. The van der Waals surface area contributed by atoms with Crippen molar-refractivity contribution < 1.29 is 19.1 Å². The van der Waals surface area contributed by atoms with Crippen LogP contribution in [0.1, 0.15) is 63.8 Å². The van der Waals surface area contributed by atoms with Crippen LogP contribution in [0.4, 0.5) is 44.2 Å². The standard InChI is InChI=1S/C47H60N16O4S2/c1-46(11-19-60(20-12-46)36-27-50-38-40(54-36)56-58-42(38)62-17-5-7-32-34(62)9-3-15-48-32)29-52-44(64)66-23-25-68-31-69-26-24-67-45(65)53-30-47(2)13-21-61(22-14-47)37-28-51-39-41(55-37)57-59-43(39)63-18-6-8-33-35(63)10-4-16-49-33/h3-4,9-10,15-16,27-28H,5-8,11-14,17-26,29-31H2,1-2H3,(H,52,64)(H,53,65)(H,54,56,58)(H,55,57,59). The molecule has 0 aromatic carbocycles. The number of hydrogen-bond donors (Lipinski definition) is 4. The van der Waals surface area contributed by atoms with E-state index in [0.717, 1.165) is 153 Å². The van der Waals surface area contributed by atoms with Crippen molar-refractivity contribution in [3.8, 4) is 0 Å². The number of ether oxygens (including phenoxy) is 2. The van der Waals surface area contributed by atoms with Gasteiger partial charge in [-0.3, -0.25) is 20.2 Å². The van der Waals surface area contributed by atoms with Gasteiger partial charge in [-0.05, 0) is 86.5 Å². The zero-order valence-corrected chi connectivity index (χ0v) is 40.9. The van der Waals surface area contributed by atoms with Gasteiger partial charge in [0.2, 0.25) is 0 Å². The van der Waals surface area contributed by atoms with Crippen LogP contribution < -0.4 is 30.2 Å². The van der Waals surface area contributed by atoms with E-state index in [9.17, 15) is 9.59 Å². The smallest absolute Gasteiger partial charge is 0.407 e. The molecule has 0 saturated carbocycles. The molecule has 10 heterocycles. The summed E-state index contributed by atoms with van der Waals surface area (Å²) in [5.74, 6) is 4.58. The van der Waals surface area contributed by atoms with Gasteiger partial charge in [-0.15, -0.1) is 23.5 Å². The molecule has 0 aliphatic carbocycles. The van der Waals surface area contributed by atoms with Gasteiger partial charge in [0, 0.05) is 81.3 Å². The Morgan fingerprint density at radius 1 is 0.652 bits per heavy atom. The fourth-order valence-corrected chi connectivity index (χ4v) is 11.4. The Bertz CT molecular complexity index is 2560. The van der Waals surface area contributed by atoms with E-state index < -0.39 is 12.2 Å². The Hall–Kier alpha value is -6.16. The highest BCUT2D eigenvalue weighted by atomic mass is 32.2. The molecule has 0 spiro atoms. The monoisotopic (exact) mass is 976 g/mol. The second kappa shape index (κ2) is 20.8. The lowest BCUT2D eigenvalue weighted by Gasteiger charge is -2.39. The maximum absolute atomic E-state index is 12.6. The summed E-state index contributed by atoms with van der Waals surface area (Å²) in [6, 6.07) is 8.09. The van der Waals surface area contributed by atoms with E-state index in [1.807, 2.05) is 36.9 Å². The van der Waals surface area contributed by atoms with E-state index in [1.54, 1.807) is 23.5 Å². The molecule has 22 heteroatoms. The number of thioether (sulfide) groups is 2. The first kappa shape index (κ1) is 46.6. The first-order valence-corrected chi connectivity index (χ1v) is 26.3. The molecule has 4 aliphatic rings. The molecule has 6 aromatic rings. The number of piperidine rings is 2. The number of alkyl carbamates (subject to hydrolysis) is 2. The number of fused-ring (bicyclic) bond motifs is 4. The third-order valence-electron chi connectivity index (χ3n) is 13.9. The maximum atomic E-state index is 12.6. The first-order valence-electron chi connectivity index (χ1n) is 24.0. The molecule has 364 valence electrons. The molecular weight excluding hydrogens is 917 g/mol. The largest absolute Gasteiger partial charge is 0.449 e. The fourth-order valence-electron chi connectivity index (χ4n) is 9.61. The number of amides is 2. The van der Waals surface area contributed by atoms with Crippen molar-refractivity contribution in [2.24, 2.45) is 10.8 Å². The Morgan fingerprint density at radius 2 is 1.10 bits per heavy atom. The van der Waals surface area contributed by atoms with Gasteiger partial charge in [-0.1, -0.05) is 13.8 Å². The topological polar surface area (TPSA) is 224 Å². The number of rotatable bonds is 16. The Labute approximate surface area is 409 Å². The Kier molecular flexibility index (Phi) is 14.1. The molecule has 0 bridgehead atoms. The summed E-state index contributed by atoms with van der Waals surface area (Å²) in [5.41, 5.74) is 7.05. The highest BCUT2D eigenvalue weighted by Crippen LogP contribution is 2.38. The molecule has 4 N–H and O–H groups in total. The summed E-state index contributed by atoms with van der Waals surface area (Å²) in [6.45, 7) is 11.1. The second-order valence-electron chi connectivity index (χ2n) is 18.9. The number of anilines is 6. The highest BCUT2D eigenvalue weighted by molar-refractivity contribution is 8.15. The lowest BCUT2D eigenvalue weighted by molar-refractivity contribution is 0.142. The van der Waals surface area contributed by atoms with Crippen LogP contribution in [0.5, 0.6) is 0 Å². The molecule has 6 aromatic heterocycles. The van der Waals surface area contributed by atoms with Gasteiger partial charge in [0.1, 0.15) is 24.8 Å². The first-order chi connectivity index (χ1) is 33.7. The minimum atomic E-state index is -0.391. The molecule has 4 aliphatic heterocycles. The molecule has 2 fully saturated rings. The summed E-state index contributed by atoms with van der Waals surface area (Å²) < 4.78 is 10.9. The molecule has 20 nitrogen and oxygen atoms in total. The van der Waals surface area contributed by atoms with Crippen molar-refractivity contribution in [1.29, 1.82) is 0 Å². The van der Waals surface area contributed by atoms with Gasteiger partial charge in [0.15, 0.2) is 34.0 Å². The average Bonchev–Trinajstić information content (AvgIpc) is 4.01. The van der Waals surface area contributed by atoms with Crippen LogP contribution in [0.2, 0.25) is 0 Å². The quantitative estimate of drug-likeness (QED) is 0.0580. The number of nitrogens with one attached hydrogen (secondary N) is 4. The number of hydrogen-bond acceptors (Lipinski definition) is 18. The number of carbonyl (C=O) groups is 2. The normalized spacial score (nSPS) is 17.7. The predicted molar refractivity (Wildman–Crippen MR) is 270 cm³/mol. The van der Waals surface area contributed by atoms with E-state index >= 15 is 0 Å². The second-order valence-corrected chi connectivity index (χ2v) is 21.5. The SMILES string of the molecule is CC1(CNC(=O)OCCSCSCCOC(=O)NCC2(C)CCN(c3cnc4c(N5CCCc6ncccc65)n[nH]c4n3)CC2)CCN(c2cnc3c(N4CCCc5ncccc54)n[nH]c3n2)CC1. The van der Waals surface area contributed by atoms with Crippen molar-refractivity contribution >= 4 is 92.7 Å². The van der Waals surface area contributed by atoms with Crippen molar-refractivity contribution in [2.45, 2.75) is 65.2 Å². The summed E-state index contributed by atoms with van der Waals surface area (Å²) in [5, 5.41) is 22.2. The number of aromatic amines is 2. The third kappa shape index (κ3) is 10.7. The van der Waals surface area contributed by atoms with Crippen molar-refractivity contribution in [3.05, 3.63) is 60.4 Å². The van der Waals surface area contributed by atoms with E-state index in [-0.39, 0.29) is 10.8 Å². The van der Waals surface area contributed by atoms with Crippen LogP contribution in [0, 0.1) is 10.8 Å². The third-order valence-corrected chi connectivity index (χ3v) is 16.1. The van der Waals surface area contributed by atoms with Gasteiger partial charge in [-0.2, -0.15) is 10.2 Å². The maximum Gasteiger partial charge on any atom is 0.407 e. The Balaban J connectivity index is 0.562. The zero-order valence-electron chi connectivity index (χ0n) is 39.3. The molecular formula is C47H60N16O4S2. The van der Waals surface area contributed by atoms with Gasteiger partial charge < -0.3 is 39.7 Å². The number of H-pyrrole nitrogens is 2. The molecule has 69 heavy (non-hydrogen) atoms. The lowest BCUT2D eigenvalue weighted by Crippen LogP contribution is -2.45. The fraction of sp³-hybridized carbons (Fsp3) is 0.532. The van der Waals surface area contributed by atoms with Crippen LogP contribution in [0.25, 0.3) is 22.3 Å². The number of nitrogens with zero attached hydrogens (tertiary/aromatic N) is 12. The van der Waals surface area contributed by atoms with Gasteiger partial charge in [-0.25, -0.2) is 29.5 Å².